The van der Waals surface area contributed by atoms with Gasteiger partial charge in [-0.25, -0.2) is 0 Å². The smallest absolute Gasteiger partial charge is 0.178 e. The number of ketones is 1. The molecule has 46 valence electrons. The lowest BCUT2D eigenvalue weighted by atomic mass is 10.3. The molecular formula is C4H6ClNO2. The van der Waals surface area contributed by atoms with E-state index in [0.29, 0.717) is 0 Å². The van der Waals surface area contributed by atoms with Crippen molar-refractivity contribution in [3.8, 4) is 0 Å². The molecule has 0 rings (SSSR count). The Morgan fingerprint density at radius 3 is 2.38 bits per heavy atom. The van der Waals surface area contributed by atoms with Gasteiger partial charge in [0.05, 0.1) is 5.88 Å². The van der Waals surface area contributed by atoms with Crippen LogP contribution in [-0.4, -0.2) is 22.6 Å². The minimum absolute atomic E-state index is 0.00772. The van der Waals surface area contributed by atoms with Crippen LogP contribution in [-0.2, 0) is 4.79 Å². The van der Waals surface area contributed by atoms with E-state index in [4.69, 9.17) is 16.8 Å². The van der Waals surface area contributed by atoms with Gasteiger partial charge in [0.2, 0.25) is 0 Å². The average Bonchev–Trinajstić information content (AvgIpc) is 1.69. The molecule has 4 heteroatoms. The van der Waals surface area contributed by atoms with Crippen LogP contribution in [0.3, 0.4) is 0 Å². The standard InChI is InChI=1S/C4H6ClNO2/c1-3(7)4(2-5)6-8/h8H,2H2,1H3. The summed E-state index contributed by atoms with van der Waals surface area (Å²) in [6.07, 6.45) is 0. The van der Waals surface area contributed by atoms with E-state index in [-0.39, 0.29) is 17.4 Å². The molecular weight excluding hydrogens is 130 g/mol. The Morgan fingerprint density at radius 1 is 1.88 bits per heavy atom. The molecule has 8 heavy (non-hydrogen) atoms. The summed E-state index contributed by atoms with van der Waals surface area (Å²) in [6.45, 7) is 1.29. The first-order chi connectivity index (χ1) is 3.72. The van der Waals surface area contributed by atoms with Gasteiger partial charge in [-0.15, -0.1) is 11.6 Å². The molecule has 0 saturated heterocycles. The van der Waals surface area contributed by atoms with E-state index in [2.05, 4.69) is 5.16 Å². The summed E-state index contributed by atoms with van der Waals surface area (Å²) in [5.41, 5.74) is -0.00772. The van der Waals surface area contributed by atoms with E-state index in [1.54, 1.807) is 0 Å². The molecule has 0 aliphatic heterocycles. The van der Waals surface area contributed by atoms with Crippen LogP contribution in [0.2, 0.25) is 0 Å². The number of alkyl halides is 1. The molecule has 0 heterocycles. The van der Waals surface area contributed by atoms with E-state index in [9.17, 15) is 4.79 Å². The molecule has 0 aromatic rings. The molecule has 0 atom stereocenters. The predicted octanol–water partition coefficient (Wildman–Crippen LogP) is 0.644. The largest absolute Gasteiger partial charge is 0.411 e. The summed E-state index contributed by atoms with van der Waals surface area (Å²) in [4.78, 5) is 10.2. The van der Waals surface area contributed by atoms with Gasteiger partial charge in [-0.2, -0.15) is 0 Å². The van der Waals surface area contributed by atoms with Crippen molar-refractivity contribution in [1.29, 1.82) is 0 Å². The zero-order valence-corrected chi connectivity index (χ0v) is 5.14. The Bertz CT molecular complexity index is 121. The first-order valence-corrected chi connectivity index (χ1v) is 2.53. The average molecular weight is 136 g/mol. The second-order valence-corrected chi connectivity index (χ2v) is 1.50. The van der Waals surface area contributed by atoms with E-state index in [1.165, 1.54) is 6.92 Å². The Balaban J connectivity index is 3.92. The lowest BCUT2D eigenvalue weighted by Crippen LogP contribution is -2.10. The number of halogens is 1. The van der Waals surface area contributed by atoms with Crippen LogP contribution >= 0.6 is 11.6 Å². The second kappa shape index (κ2) is 3.43. The fourth-order valence-corrected chi connectivity index (χ4v) is 0.433. The van der Waals surface area contributed by atoms with Gasteiger partial charge in [-0.05, 0) is 0 Å². The summed E-state index contributed by atoms with van der Waals surface area (Å²) < 4.78 is 0. The molecule has 0 saturated carbocycles. The highest BCUT2D eigenvalue weighted by Gasteiger charge is 2.01. The number of carbonyl (C=O) groups excluding carboxylic acids is 1. The first kappa shape index (κ1) is 7.43. The molecule has 0 aliphatic rings. The number of Topliss-reactive ketones (excluding diaryl/α,β-unsaturated/α-hetero) is 1. The molecule has 0 fully saturated rings. The van der Waals surface area contributed by atoms with Crippen LogP contribution in [0, 0.1) is 0 Å². The third kappa shape index (κ3) is 1.93. The number of hydrogen-bond donors (Lipinski definition) is 1. The molecule has 0 bridgehead atoms. The van der Waals surface area contributed by atoms with Crippen molar-refractivity contribution in [2.75, 3.05) is 5.88 Å². The van der Waals surface area contributed by atoms with Gasteiger partial charge >= 0.3 is 0 Å². The lowest BCUT2D eigenvalue weighted by molar-refractivity contribution is -0.111. The minimum atomic E-state index is -0.303. The molecule has 0 radical (unpaired) electrons. The third-order valence-corrected chi connectivity index (χ3v) is 0.907. The van der Waals surface area contributed by atoms with Gasteiger partial charge in [-0.3, -0.25) is 4.79 Å². The van der Waals surface area contributed by atoms with Crippen LogP contribution in [0.5, 0.6) is 0 Å². The molecule has 1 N–H and O–H groups in total. The van der Waals surface area contributed by atoms with Crippen LogP contribution < -0.4 is 0 Å². The fraction of sp³-hybridized carbons (Fsp3) is 0.500. The fourth-order valence-electron chi connectivity index (χ4n) is 0.191. The molecule has 3 nitrogen and oxygen atoms in total. The molecule has 0 aromatic heterocycles. The number of nitrogens with zero attached hydrogens (tertiary/aromatic N) is 1. The van der Waals surface area contributed by atoms with Crippen LogP contribution in [0.15, 0.2) is 5.16 Å². The monoisotopic (exact) mass is 135 g/mol. The maximum absolute atomic E-state index is 10.2. The van der Waals surface area contributed by atoms with E-state index >= 15 is 0 Å². The summed E-state index contributed by atoms with van der Waals surface area (Å²) in [7, 11) is 0. The van der Waals surface area contributed by atoms with Crippen molar-refractivity contribution < 1.29 is 10.0 Å². The minimum Gasteiger partial charge on any atom is -0.411 e. The van der Waals surface area contributed by atoms with Gasteiger partial charge < -0.3 is 5.21 Å². The van der Waals surface area contributed by atoms with Crippen LogP contribution in [0.25, 0.3) is 0 Å². The maximum atomic E-state index is 10.2. The van der Waals surface area contributed by atoms with E-state index < -0.39 is 0 Å². The van der Waals surface area contributed by atoms with Crippen LogP contribution in [0.1, 0.15) is 6.92 Å². The SMILES string of the molecule is CC(=O)C(CCl)=NO. The number of hydrogen-bond acceptors (Lipinski definition) is 3. The number of oxime groups is 1. The highest BCUT2D eigenvalue weighted by molar-refractivity contribution is 6.48. The Labute approximate surface area is 51.9 Å². The Kier molecular flexibility index (Phi) is 3.19. The summed E-state index contributed by atoms with van der Waals surface area (Å²) in [5.74, 6) is -0.339. The van der Waals surface area contributed by atoms with E-state index in [1.807, 2.05) is 0 Å². The quantitative estimate of drug-likeness (QED) is 0.262. The Hall–Kier alpha value is -0.570. The molecule has 0 aliphatic carbocycles. The summed E-state index contributed by atoms with van der Waals surface area (Å²) >= 11 is 5.15. The number of rotatable bonds is 2. The molecule has 0 amide bonds. The second-order valence-electron chi connectivity index (χ2n) is 1.24. The van der Waals surface area contributed by atoms with Crippen molar-refractivity contribution in [2.45, 2.75) is 6.92 Å². The van der Waals surface area contributed by atoms with Gasteiger partial charge in [0.1, 0.15) is 5.71 Å². The van der Waals surface area contributed by atoms with Crippen molar-refractivity contribution in [3.63, 3.8) is 0 Å². The zero-order chi connectivity index (χ0) is 6.57. The predicted molar refractivity (Wildman–Crippen MR) is 30.6 cm³/mol. The Morgan fingerprint density at radius 2 is 2.38 bits per heavy atom. The molecule has 0 unspecified atom stereocenters. The molecule has 0 spiro atoms. The first-order valence-electron chi connectivity index (χ1n) is 2.00. The van der Waals surface area contributed by atoms with Crippen molar-refractivity contribution in [1.82, 2.24) is 0 Å². The van der Waals surface area contributed by atoms with Crippen molar-refractivity contribution >= 4 is 23.1 Å². The van der Waals surface area contributed by atoms with Gasteiger partial charge in [0.25, 0.3) is 0 Å². The van der Waals surface area contributed by atoms with E-state index in [0.717, 1.165) is 0 Å². The van der Waals surface area contributed by atoms with Crippen molar-refractivity contribution in [3.05, 3.63) is 0 Å². The zero-order valence-electron chi connectivity index (χ0n) is 4.39. The highest BCUT2D eigenvalue weighted by Crippen LogP contribution is 1.83. The van der Waals surface area contributed by atoms with Gasteiger partial charge in [-0.1, -0.05) is 5.16 Å². The summed E-state index contributed by atoms with van der Waals surface area (Å²) in [5, 5.41) is 10.6. The van der Waals surface area contributed by atoms with Crippen LogP contribution in [0.4, 0.5) is 0 Å². The molecule has 0 aromatic carbocycles. The summed E-state index contributed by atoms with van der Waals surface area (Å²) in [6, 6.07) is 0. The van der Waals surface area contributed by atoms with Crippen molar-refractivity contribution in [2.24, 2.45) is 5.16 Å². The number of carbonyl (C=O) groups is 1. The van der Waals surface area contributed by atoms with Gasteiger partial charge in [0, 0.05) is 6.92 Å². The van der Waals surface area contributed by atoms with Gasteiger partial charge in [0.15, 0.2) is 5.78 Å². The normalized spacial score (nSPS) is 11.5. The lowest BCUT2D eigenvalue weighted by Gasteiger charge is -1.87. The third-order valence-electron chi connectivity index (χ3n) is 0.654. The highest BCUT2D eigenvalue weighted by atomic mass is 35.5. The maximum Gasteiger partial charge on any atom is 0.178 e. The topological polar surface area (TPSA) is 49.7 Å².